The summed E-state index contributed by atoms with van der Waals surface area (Å²) in [4.78, 5) is 11.6. The van der Waals surface area contributed by atoms with E-state index in [1.54, 1.807) is 20.4 Å². The van der Waals surface area contributed by atoms with E-state index in [0.29, 0.717) is 12.1 Å². The molecule has 0 aliphatic carbocycles. The number of ether oxygens (including phenoxy) is 2. The molecule has 2 N–H and O–H groups in total. The van der Waals surface area contributed by atoms with E-state index in [9.17, 15) is 4.79 Å². The monoisotopic (exact) mass is 241 g/mol. The molecule has 96 valence electrons. The van der Waals surface area contributed by atoms with Gasteiger partial charge >= 0.3 is 5.97 Å². The number of hydrogen-bond donors (Lipinski definition) is 1. The minimum absolute atomic E-state index is 0.155. The number of esters is 1. The fourth-order valence-electron chi connectivity index (χ4n) is 1.23. The van der Waals surface area contributed by atoms with Crippen molar-refractivity contribution in [2.45, 2.75) is 25.9 Å². The summed E-state index contributed by atoms with van der Waals surface area (Å²) in [5.74, 6) is -0.505. The first-order chi connectivity index (χ1) is 7.85. The van der Waals surface area contributed by atoms with Gasteiger partial charge in [0.15, 0.2) is 5.69 Å². The molecule has 0 aromatic carbocycles. The third-order valence-electron chi connectivity index (χ3n) is 2.54. The van der Waals surface area contributed by atoms with E-state index in [-0.39, 0.29) is 17.9 Å². The van der Waals surface area contributed by atoms with Crippen LogP contribution >= 0.6 is 0 Å². The van der Waals surface area contributed by atoms with Crippen molar-refractivity contribution in [3.63, 3.8) is 0 Å². The van der Waals surface area contributed by atoms with Crippen molar-refractivity contribution >= 4 is 11.7 Å². The normalized spacial score (nSPS) is 11.5. The number of rotatable bonds is 5. The first-order valence-corrected chi connectivity index (χ1v) is 5.37. The first kappa shape index (κ1) is 13.5. The zero-order valence-electron chi connectivity index (χ0n) is 10.7. The Bertz CT molecular complexity index is 399. The Hall–Kier alpha value is -1.56. The van der Waals surface area contributed by atoms with Gasteiger partial charge in [0.05, 0.1) is 17.9 Å². The van der Waals surface area contributed by atoms with Crippen molar-refractivity contribution in [3.05, 3.63) is 11.9 Å². The number of aromatic nitrogens is 2. The molecule has 0 saturated carbocycles. The fraction of sp³-hybridized carbons (Fsp3) is 0.636. The van der Waals surface area contributed by atoms with Crippen LogP contribution in [0.4, 0.5) is 5.69 Å². The molecule has 0 atom stereocenters. The number of hydrogen-bond acceptors (Lipinski definition) is 5. The molecule has 1 aromatic rings. The summed E-state index contributed by atoms with van der Waals surface area (Å²) >= 11 is 0. The van der Waals surface area contributed by atoms with Crippen LogP contribution < -0.4 is 5.73 Å². The molecule has 0 saturated heterocycles. The van der Waals surface area contributed by atoms with Gasteiger partial charge < -0.3 is 15.2 Å². The minimum atomic E-state index is -0.505. The maximum absolute atomic E-state index is 11.6. The Kier molecular flexibility index (Phi) is 4.11. The topological polar surface area (TPSA) is 79.4 Å². The predicted octanol–water partition coefficient (Wildman–Crippen LogP) is 0.974. The molecule has 0 bridgehead atoms. The summed E-state index contributed by atoms with van der Waals surface area (Å²) in [6.45, 7) is 4.13. The summed E-state index contributed by atoms with van der Waals surface area (Å²) in [5, 5.41) is 3.93. The molecular weight excluding hydrogens is 222 g/mol. The van der Waals surface area contributed by atoms with Crippen LogP contribution in [0.5, 0.6) is 0 Å². The lowest BCUT2D eigenvalue weighted by Crippen LogP contribution is -2.25. The van der Waals surface area contributed by atoms with Gasteiger partial charge in [0.2, 0.25) is 0 Å². The maximum atomic E-state index is 11.6. The molecule has 6 heteroatoms. The highest BCUT2D eigenvalue weighted by Crippen LogP contribution is 2.14. The number of methoxy groups -OCH3 is 1. The second-order valence-corrected chi connectivity index (χ2v) is 4.46. The molecule has 0 spiro atoms. The summed E-state index contributed by atoms with van der Waals surface area (Å²) in [6.07, 6.45) is 2.18. The van der Waals surface area contributed by atoms with Gasteiger partial charge in [0.25, 0.3) is 0 Å². The number of carbonyl (C=O) groups excluding carboxylic acids is 1. The number of aryl methyl sites for hydroxylation is 1. The van der Waals surface area contributed by atoms with Gasteiger partial charge in [-0.3, -0.25) is 4.68 Å². The van der Waals surface area contributed by atoms with Crippen molar-refractivity contribution in [3.8, 4) is 0 Å². The number of nitrogens with zero attached hydrogens (tertiary/aromatic N) is 2. The fourth-order valence-corrected chi connectivity index (χ4v) is 1.23. The highest BCUT2D eigenvalue weighted by Gasteiger charge is 2.19. The molecule has 0 aliphatic heterocycles. The summed E-state index contributed by atoms with van der Waals surface area (Å²) in [6, 6.07) is 0. The van der Waals surface area contributed by atoms with Gasteiger partial charge in [0.1, 0.15) is 0 Å². The second kappa shape index (κ2) is 5.18. The van der Waals surface area contributed by atoms with Crippen LogP contribution in [-0.2, 0) is 16.5 Å². The van der Waals surface area contributed by atoms with Crippen molar-refractivity contribution in [2.24, 2.45) is 7.05 Å². The Morgan fingerprint density at radius 2 is 2.24 bits per heavy atom. The number of nitrogen functional groups attached to an aromatic ring is 1. The Labute approximate surface area is 101 Å². The number of anilines is 1. The van der Waals surface area contributed by atoms with Crippen LogP contribution in [0.1, 0.15) is 30.8 Å². The molecule has 17 heavy (non-hydrogen) atoms. The lowest BCUT2D eigenvalue weighted by atomic mass is 10.1. The van der Waals surface area contributed by atoms with E-state index in [1.165, 1.54) is 4.68 Å². The van der Waals surface area contributed by atoms with E-state index < -0.39 is 5.97 Å². The van der Waals surface area contributed by atoms with Crippen LogP contribution in [0, 0.1) is 0 Å². The third kappa shape index (κ3) is 3.74. The summed E-state index contributed by atoms with van der Waals surface area (Å²) < 4.78 is 11.8. The van der Waals surface area contributed by atoms with Crippen molar-refractivity contribution in [1.82, 2.24) is 9.78 Å². The molecule has 1 rings (SSSR count). The zero-order valence-corrected chi connectivity index (χ0v) is 10.7. The molecule has 0 fully saturated rings. The van der Waals surface area contributed by atoms with Gasteiger partial charge in [-0.15, -0.1) is 0 Å². The van der Waals surface area contributed by atoms with Crippen LogP contribution in [0.25, 0.3) is 0 Å². The quantitative estimate of drug-likeness (QED) is 0.777. The smallest absolute Gasteiger partial charge is 0.361 e. The third-order valence-corrected chi connectivity index (χ3v) is 2.54. The van der Waals surface area contributed by atoms with Gasteiger partial charge in [0, 0.05) is 26.8 Å². The van der Waals surface area contributed by atoms with E-state index in [2.05, 4.69) is 5.10 Å². The lowest BCUT2D eigenvalue weighted by molar-refractivity contribution is -0.00579. The molecular formula is C11H19N3O3. The Morgan fingerprint density at radius 1 is 1.59 bits per heavy atom. The molecule has 1 aromatic heterocycles. The predicted molar refractivity (Wildman–Crippen MR) is 63.6 cm³/mol. The highest BCUT2D eigenvalue weighted by atomic mass is 16.5. The summed E-state index contributed by atoms with van der Waals surface area (Å²) in [7, 11) is 3.32. The van der Waals surface area contributed by atoms with E-state index in [0.717, 1.165) is 0 Å². The Balaban J connectivity index is 2.48. The largest absolute Gasteiger partial charge is 0.461 e. The average Bonchev–Trinajstić information content (AvgIpc) is 2.57. The lowest BCUT2D eigenvalue weighted by Gasteiger charge is -2.22. The van der Waals surface area contributed by atoms with Gasteiger partial charge in [-0.1, -0.05) is 0 Å². The highest BCUT2D eigenvalue weighted by molar-refractivity contribution is 5.92. The number of nitrogens with two attached hydrogens (primary N) is 1. The minimum Gasteiger partial charge on any atom is -0.461 e. The zero-order chi connectivity index (χ0) is 13.1. The van der Waals surface area contributed by atoms with E-state index in [1.807, 2.05) is 13.8 Å². The van der Waals surface area contributed by atoms with Gasteiger partial charge in [-0.25, -0.2) is 4.79 Å². The van der Waals surface area contributed by atoms with E-state index >= 15 is 0 Å². The molecule has 6 nitrogen and oxygen atoms in total. The van der Waals surface area contributed by atoms with Crippen molar-refractivity contribution < 1.29 is 14.3 Å². The van der Waals surface area contributed by atoms with Crippen LogP contribution in [0.2, 0.25) is 0 Å². The molecule has 0 radical (unpaired) electrons. The van der Waals surface area contributed by atoms with Crippen LogP contribution in [-0.4, -0.2) is 35.1 Å². The summed E-state index contributed by atoms with van der Waals surface area (Å²) in [5.41, 5.74) is 5.79. The average molecular weight is 241 g/mol. The van der Waals surface area contributed by atoms with E-state index in [4.69, 9.17) is 15.2 Å². The maximum Gasteiger partial charge on any atom is 0.361 e. The SMILES string of the molecule is COC(C)(C)CCOC(=O)c1nn(C)cc1N. The second-order valence-electron chi connectivity index (χ2n) is 4.46. The van der Waals surface area contributed by atoms with Crippen LogP contribution in [0.15, 0.2) is 6.20 Å². The van der Waals surface area contributed by atoms with Gasteiger partial charge in [-0.05, 0) is 13.8 Å². The van der Waals surface area contributed by atoms with Crippen LogP contribution in [0.3, 0.4) is 0 Å². The number of carbonyl (C=O) groups is 1. The van der Waals surface area contributed by atoms with Crippen molar-refractivity contribution in [2.75, 3.05) is 19.5 Å². The molecule has 1 heterocycles. The standard InChI is InChI=1S/C11H19N3O3/c1-11(2,16-4)5-6-17-10(15)9-8(12)7-14(3)13-9/h7H,5-6,12H2,1-4H3. The van der Waals surface area contributed by atoms with Crippen molar-refractivity contribution in [1.29, 1.82) is 0 Å². The molecule has 0 aliphatic rings. The molecule has 0 unspecified atom stereocenters. The molecule has 0 amide bonds. The Morgan fingerprint density at radius 3 is 2.71 bits per heavy atom. The van der Waals surface area contributed by atoms with Gasteiger partial charge in [-0.2, -0.15) is 5.10 Å². The first-order valence-electron chi connectivity index (χ1n) is 5.37.